The van der Waals surface area contributed by atoms with Gasteiger partial charge in [-0.3, -0.25) is 4.79 Å². The average Bonchev–Trinajstić information content (AvgIpc) is 3.18. The first-order valence-electron chi connectivity index (χ1n) is 10.2. The second kappa shape index (κ2) is 7.38. The van der Waals surface area contributed by atoms with Crippen molar-refractivity contribution in [1.82, 2.24) is 0 Å². The van der Waals surface area contributed by atoms with Crippen LogP contribution in [-0.2, 0) is 9.53 Å². The Morgan fingerprint density at radius 1 is 1.00 bits per heavy atom. The van der Waals surface area contributed by atoms with Crippen molar-refractivity contribution in [2.75, 3.05) is 7.11 Å². The summed E-state index contributed by atoms with van der Waals surface area (Å²) in [5.74, 6) is 5.00. The Hall–Kier alpha value is -0.530. The largest absolute Gasteiger partial charge is 0.469 e. The van der Waals surface area contributed by atoms with Crippen molar-refractivity contribution in [2.45, 2.75) is 86.5 Å². The molecule has 5 atom stereocenters. The summed E-state index contributed by atoms with van der Waals surface area (Å²) in [5.41, 5.74) is -0.222. The summed E-state index contributed by atoms with van der Waals surface area (Å²) in [6.45, 7) is 12.6. The smallest absolute Gasteiger partial charge is 0.311 e. The van der Waals surface area contributed by atoms with E-state index in [9.17, 15) is 4.79 Å². The van der Waals surface area contributed by atoms with Crippen molar-refractivity contribution >= 4 is 5.97 Å². The molecule has 0 N–H and O–H groups in total. The van der Waals surface area contributed by atoms with Gasteiger partial charge in [0.15, 0.2) is 0 Å². The number of esters is 1. The lowest BCUT2D eigenvalue weighted by atomic mass is 9.69. The van der Waals surface area contributed by atoms with Crippen molar-refractivity contribution < 1.29 is 9.53 Å². The van der Waals surface area contributed by atoms with Crippen LogP contribution in [0, 0.1) is 40.4 Å². The van der Waals surface area contributed by atoms with Gasteiger partial charge in [0, 0.05) is 0 Å². The first-order chi connectivity index (χ1) is 11.1. The van der Waals surface area contributed by atoms with Gasteiger partial charge in [-0.25, -0.2) is 0 Å². The molecule has 140 valence electrons. The van der Waals surface area contributed by atoms with Crippen LogP contribution < -0.4 is 0 Å². The minimum Gasteiger partial charge on any atom is -0.469 e. The van der Waals surface area contributed by atoms with Crippen molar-refractivity contribution in [2.24, 2.45) is 40.4 Å². The summed E-state index contributed by atoms with van der Waals surface area (Å²) in [7, 11) is 1.46. The molecule has 3 rings (SSSR count). The molecule has 0 aromatic carbocycles. The maximum Gasteiger partial charge on any atom is 0.311 e. The zero-order valence-corrected chi connectivity index (χ0v) is 17.2. The average molecular weight is 337 g/mol. The van der Waals surface area contributed by atoms with E-state index in [0.717, 1.165) is 6.42 Å². The third kappa shape index (κ3) is 4.17. The molecule has 24 heavy (non-hydrogen) atoms. The summed E-state index contributed by atoms with van der Waals surface area (Å²) < 4.78 is 4.88. The standard InChI is InChI=1S/C12H24O2.C10H16/c1-9(2)12(6,10(13)14-7)8-11(3,4)5;1-2-9-7-4-5-8(6-7)10(9)3-1/h9H,8H2,1-7H3;7-10H,1-6H2. The SMILES string of the molecule is C1CC2C3CCC(C3)C2C1.COC(=O)C(C)(CC(C)(C)C)C(C)C. The van der Waals surface area contributed by atoms with Crippen molar-refractivity contribution in [3.05, 3.63) is 0 Å². The fourth-order valence-electron chi connectivity index (χ4n) is 5.87. The molecule has 5 unspecified atom stereocenters. The maximum absolute atomic E-state index is 11.7. The van der Waals surface area contributed by atoms with Gasteiger partial charge in [0.25, 0.3) is 0 Å². The Morgan fingerprint density at radius 2 is 1.50 bits per heavy atom. The van der Waals surface area contributed by atoms with Gasteiger partial charge in [0.2, 0.25) is 0 Å². The van der Waals surface area contributed by atoms with Crippen LogP contribution in [0.25, 0.3) is 0 Å². The topological polar surface area (TPSA) is 26.3 Å². The van der Waals surface area contributed by atoms with E-state index in [2.05, 4.69) is 34.6 Å². The normalized spacial score (nSPS) is 33.7. The second-order valence-corrected chi connectivity index (χ2v) is 10.4. The highest BCUT2D eigenvalue weighted by atomic mass is 16.5. The van der Waals surface area contributed by atoms with Gasteiger partial charge in [-0.05, 0) is 80.5 Å². The van der Waals surface area contributed by atoms with Gasteiger partial charge in [0.05, 0.1) is 12.5 Å². The van der Waals surface area contributed by atoms with Gasteiger partial charge < -0.3 is 4.74 Å². The highest BCUT2D eigenvalue weighted by Gasteiger charge is 2.48. The van der Waals surface area contributed by atoms with Crippen molar-refractivity contribution in [3.63, 3.8) is 0 Å². The number of ether oxygens (including phenoxy) is 1. The Balaban J connectivity index is 0.000000180. The zero-order chi connectivity index (χ0) is 18.1. The molecule has 0 aromatic rings. The maximum atomic E-state index is 11.7. The molecule has 2 heteroatoms. The third-order valence-electron chi connectivity index (χ3n) is 7.17. The molecule has 0 aliphatic heterocycles. The number of hydrogen-bond acceptors (Lipinski definition) is 2. The molecule has 0 amide bonds. The molecule has 0 spiro atoms. The van der Waals surface area contributed by atoms with Crippen molar-refractivity contribution in [3.8, 4) is 0 Å². The summed E-state index contributed by atoms with van der Waals surface area (Å²) in [5, 5.41) is 0. The minimum atomic E-state index is -0.368. The minimum absolute atomic E-state index is 0.0950. The molecule has 0 heterocycles. The van der Waals surface area contributed by atoms with Crippen LogP contribution in [0.2, 0.25) is 0 Å². The van der Waals surface area contributed by atoms with Crippen LogP contribution >= 0.6 is 0 Å². The first kappa shape index (κ1) is 19.8. The van der Waals surface area contributed by atoms with Crippen molar-refractivity contribution in [1.29, 1.82) is 0 Å². The Bertz CT molecular complexity index is 418. The van der Waals surface area contributed by atoms with Crippen LogP contribution in [-0.4, -0.2) is 13.1 Å². The number of carbonyl (C=O) groups is 1. The van der Waals surface area contributed by atoms with E-state index in [1.54, 1.807) is 38.5 Å². The Kier molecular flexibility index (Phi) is 6.08. The van der Waals surface area contributed by atoms with Gasteiger partial charge in [0.1, 0.15) is 0 Å². The van der Waals surface area contributed by atoms with E-state index in [4.69, 9.17) is 4.74 Å². The lowest BCUT2D eigenvalue weighted by molar-refractivity contribution is -0.156. The second-order valence-electron chi connectivity index (χ2n) is 10.4. The number of hydrogen-bond donors (Lipinski definition) is 0. The van der Waals surface area contributed by atoms with Gasteiger partial charge in [-0.1, -0.05) is 41.0 Å². The van der Waals surface area contributed by atoms with Gasteiger partial charge in [-0.15, -0.1) is 0 Å². The third-order valence-corrected chi connectivity index (χ3v) is 7.17. The molecule has 3 saturated carbocycles. The fourth-order valence-corrected chi connectivity index (χ4v) is 5.87. The van der Waals surface area contributed by atoms with Crippen LogP contribution in [0.3, 0.4) is 0 Å². The number of methoxy groups -OCH3 is 1. The molecule has 0 aromatic heterocycles. The number of rotatable bonds is 3. The predicted octanol–water partition coefficient (Wildman–Crippen LogP) is 6.09. The van der Waals surface area contributed by atoms with Gasteiger partial charge >= 0.3 is 5.97 Å². The van der Waals surface area contributed by atoms with E-state index in [-0.39, 0.29) is 16.8 Å². The Labute approximate surface area is 150 Å². The molecular weight excluding hydrogens is 296 g/mol. The molecule has 2 bridgehead atoms. The Morgan fingerprint density at radius 3 is 1.88 bits per heavy atom. The van der Waals surface area contributed by atoms with Gasteiger partial charge in [-0.2, -0.15) is 0 Å². The monoisotopic (exact) mass is 336 g/mol. The predicted molar refractivity (Wildman–Crippen MR) is 101 cm³/mol. The molecule has 0 saturated heterocycles. The lowest BCUT2D eigenvalue weighted by Gasteiger charge is -2.36. The molecule has 0 radical (unpaired) electrons. The number of fused-ring (bicyclic) bond motifs is 5. The molecule has 3 aliphatic carbocycles. The summed E-state index contributed by atoms with van der Waals surface area (Å²) >= 11 is 0. The summed E-state index contributed by atoms with van der Waals surface area (Å²) in [6, 6.07) is 0. The molecule has 2 nitrogen and oxygen atoms in total. The van der Waals surface area contributed by atoms with Crippen LogP contribution in [0.4, 0.5) is 0 Å². The van der Waals surface area contributed by atoms with E-state index < -0.39 is 0 Å². The van der Waals surface area contributed by atoms with E-state index in [1.807, 2.05) is 6.92 Å². The highest BCUT2D eigenvalue weighted by Crippen LogP contribution is 2.58. The number of carbonyl (C=O) groups excluding carboxylic acids is 1. The molecular formula is C22H40O2. The van der Waals surface area contributed by atoms with E-state index in [1.165, 1.54) is 30.8 Å². The lowest BCUT2D eigenvalue weighted by Crippen LogP contribution is -2.37. The summed E-state index contributed by atoms with van der Waals surface area (Å²) in [6.07, 6.45) is 10.4. The highest BCUT2D eigenvalue weighted by molar-refractivity contribution is 5.76. The quantitative estimate of drug-likeness (QED) is 0.583. The molecule has 3 fully saturated rings. The zero-order valence-electron chi connectivity index (χ0n) is 17.2. The van der Waals surface area contributed by atoms with E-state index in [0.29, 0.717) is 5.92 Å². The van der Waals surface area contributed by atoms with E-state index >= 15 is 0 Å². The molecule has 3 aliphatic rings. The fraction of sp³-hybridized carbons (Fsp3) is 0.955. The van der Waals surface area contributed by atoms with Crippen LogP contribution in [0.1, 0.15) is 86.5 Å². The van der Waals surface area contributed by atoms with Crippen LogP contribution in [0.5, 0.6) is 0 Å². The van der Waals surface area contributed by atoms with Crippen LogP contribution in [0.15, 0.2) is 0 Å². The summed E-state index contributed by atoms with van der Waals surface area (Å²) in [4.78, 5) is 11.7. The first-order valence-corrected chi connectivity index (χ1v) is 10.2.